The Morgan fingerprint density at radius 2 is 1.22 bits per heavy atom. The molecule has 7 rings (SSSR count). The number of hydrogen-bond donors (Lipinski definition) is 0. The van der Waals surface area contributed by atoms with E-state index in [1.807, 2.05) is 0 Å². The van der Waals surface area contributed by atoms with E-state index >= 15 is 0 Å². The minimum absolute atomic E-state index is 0. The topological polar surface area (TPSA) is 0 Å². The molecular formula is C42H44Cl2SiZr-4. The van der Waals surface area contributed by atoms with Crippen molar-refractivity contribution in [3.63, 3.8) is 0 Å². The van der Waals surface area contributed by atoms with Gasteiger partial charge in [-0.3, -0.25) is 0 Å². The van der Waals surface area contributed by atoms with Gasteiger partial charge in [-0.05, 0) is 34.7 Å². The van der Waals surface area contributed by atoms with Crippen LogP contribution in [0, 0.1) is 35.6 Å². The van der Waals surface area contributed by atoms with Crippen LogP contribution in [0.4, 0.5) is 0 Å². The zero-order valence-electron chi connectivity index (χ0n) is 27.9. The number of fused-ring (bicyclic) bond motifs is 3. The van der Waals surface area contributed by atoms with Gasteiger partial charge in [0.2, 0.25) is 0 Å². The van der Waals surface area contributed by atoms with Crippen molar-refractivity contribution < 1.29 is 23.3 Å². The van der Waals surface area contributed by atoms with Crippen LogP contribution in [0.2, 0.25) is 0 Å². The Bertz CT molecular complexity index is 1990. The molecule has 0 aliphatic carbocycles. The predicted octanol–water partition coefficient (Wildman–Crippen LogP) is 13.0. The van der Waals surface area contributed by atoms with Gasteiger partial charge in [-0.15, -0.1) is 93.4 Å². The maximum absolute atomic E-state index is 3.06. The van der Waals surface area contributed by atoms with Crippen molar-refractivity contribution in [1.82, 2.24) is 0 Å². The first-order chi connectivity index (χ1) is 20.4. The van der Waals surface area contributed by atoms with Crippen molar-refractivity contribution in [3.8, 4) is 22.3 Å². The second-order valence-electron chi connectivity index (χ2n) is 11.4. The van der Waals surface area contributed by atoms with Crippen molar-refractivity contribution in [2.24, 2.45) is 0 Å². The van der Waals surface area contributed by atoms with E-state index in [2.05, 4.69) is 163 Å². The number of benzene rings is 5. The number of hydrogen-bond acceptors (Lipinski definition) is 0. The molecule has 0 saturated carbocycles. The molecule has 0 aliphatic heterocycles. The minimum atomic E-state index is 0. The van der Waals surface area contributed by atoms with Crippen LogP contribution < -0.4 is 0 Å². The van der Waals surface area contributed by atoms with Gasteiger partial charge in [0, 0.05) is 0 Å². The van der Waals surface area contributed by atoms with Crippen molar-refractivity contribution in [1.29, 1.82) is 0 Å². The third-order valence-corrected chi connectivity index (χ3v) is 8.10. The molecule has 0 atom stereocenters. The van der Waals surface area contributed by atoms with Gasteiger partial charge in [0.1, 0.15) is 0 Å². The van der Waals surface area contributed by atoms with Crippen molar-refractivity contribution in [2.75, 3.05) is 0 Å². The van der Waals surface area contributed by atoms with Crippen LogP contribution in [0.5, 0.6) is 0 Å². The van der Waals surface area contributed by atoms with Gasteiger partial charge in [0.15, 0.2) is 0 Å². The molecule has 4 heteroatoms. The van der Waals surface area contributed by atoms with E-state index in [0.717, 1.165) is 0 Å². The molecule has 0 nitrogen and oxygen atoms in total. The van der Waals surface area contributed by atoms with Gasteiger partial charge in [-0.2, -0.15) is 12.1 Å². The SMILES string of the molecule is Cc1cc2c(-c3cccc4ccccc34)ccc(C)c2[cH-]1.Cc1cccc(-c2cccc3[cH-]c(C(C)C)cc23)c1.Cl.Cl.[CH3-].[CH3-].[Si]=[Zr]. The van der Waals surface area contributed by atoms with E-state index in [4.69, 9.17) is 0 Å². The van der Waals surface area contributed by atoms with Gasteiger partial charge in [-0.25, -0.2) is 0 Å². The average Bonchev–Trinajstić information content (AvgIpc) is 3.63. The number of aryl methyl sites for hydroxylation is 3. The molecule has 0 fully saturated rings. The van der Waals surface area contributed by atoms with E-state index in [0.29, 0.717) is 5.92 Å². The molecule has 0 heterocycles. The van der Waals surface area contributed by atoms with Crippen LogP contribution in [-0.2, 0) is 23.3 Å². The third kappa shape index (κ3) is 8.78. The monoisotopic (exact) mass is 736 g/mol. The molecule has 0 aliphatic rings. The van der Waals surface area contributed by atoms with E-state index in [-0.39, 0.29) is 39.7 Å². The van der Waals surface area contributed by atoms with Crippen LogP contribution in [0.1, 0.15) is 42.0 Å². The summed E-state index contributed by atoms with van der Waals surface area (Å²) in [4.78, 5) is 0. The molecular weight excluding hydrogens is 695 g/mol. The summed E-state index contributed by atoms with van der Waals surface area (Å²) in [6, 6.07) is 44.3. The molecule has 0 unspecified atom stereocenters. The zero-order valence-corrected chi connectivity index (χ0v) is 33.0. The number of rotatable bonds is 3. The fraction of sp³-hybridized carbons (Fsp3) is 0.143. The molecule has 46 heavy (non-hydrogen) atoms. The Morgan fingerprint density at radius 3 is 1.93 bits per heavy atom. The predicted molar refractivity (Wildman–Crippen MR) is 209 cm³/mol. The summed E-state index contributed by atoms with van der Waals surface area (Å²) in [5.41, 5.74) is 10.7. The quantitative estimate of drug-likeness (QED) is 0.125. The Morgan fingerprint density at radius 1 is 0.587 bits per heavy atom. The molecule has 7 aromatic carbocycles. The molecule has 0 N–H and O–H groups in total. The van der Waals surface area contributed by atoms with Crippen LogP contribution in [-0.4, -0.2) is 6.88 Å². The Labute approximate surface area is 306 Å². The number of halogens is 2. The molecule has 0 aromatic heterocycles. The summed E-state index contributed by atoms with van der Waals surface area (Å²) in [5, 5.41) is 8.08. The normalized spacial score (nSPS) is 9.93. The van der Waals surface area contributed by atoms with Gasteiger partial charge < -0.3 is 14.9 Å². The summed E-state index contributed by atoms with van der Waals surface area (Å²) in [7, 11) is 0. The summed E-state index contributed by atoms with van der Waals surface area (Å²) >= 11 is 1.36. The molecule has 0 amide bonds. The van der Waals surface area contributed by atoms with Crippen LogP contribution >= 0.6 is 24.8 Å². The molecule has 0 spiro atoms. The Balaban J connectivity index is 0.000000405. The second kappa shape index (κ2) is 18.6. The van der Waals surface area contributed by atoms with E-state index in [1.165, 1.54) is 100 Å². The summed E-state index contributed by atoms with van der Waals surface area (Å²) < 4.78 is 0. The van der Waals surface area contributed by atoms with Crippen LogP contribution in [0.3, 0.4) is 0 Å². The summed E-state index contributed by atoms with van der Waals surface area (Å²) in [5.74, 6) is 0.581. The van der Waals surface area contributed by atoms with E-state index in [9.17, 15) is 0 Å². The maximum atomic E-state index is 3.06. The van der Waals surface area contributed by atoms with Crippen molar-refractivity contribution >= 4 is 64.0 Å². The fourth-order valence-corrected chi connectivity index (χ4v) is 5.94. The van der Waals surface area contributed by atoms with Crippen molar-refractivity contribution in [3.05, 3.63) is 158 Å². The van der Waals surface area contributed by atoms with Gasteiger partial charge in [-0.1, -0.05) is 123 Å². The van der Waals surface area contributed by atoms with Gasteiger partial charge >= 0.3 is 30.2 Å². The first kappa shape index (κ1) is 41.3. The van der Waals surface area contributed by atoms with E-state index in [1.54, 1.807) is 0 Å². The summed E-state index contributed by atoms with van der Waals surface area (Å²) in [6.07, 6.45) is 0. The first-order valence-electron chi connectivity index (χ1n) is 14.6. The molecule has 0 saturated heterocycles. The van der Waals surface area contributed by atoms with Gasteiger partial charge in [0.05, 0.1) is 0 Å². The molecule has 7 aromatic rings. The molecule has 0 bridgehead atoms. The molecule has 238 valence electrons. The van der Waals surface area contributed by atoms with E-state index < -0.39 is 0 Å². The second-order valence-corrected chi connectivity index (χ2v) is 11.4. The van der Waals surface area contributed by atoms with Crippen LogP contribution in [0.15, 0.2) is 121 Å². The Kier molecular flexibility index (Phi) is 16.7. The standard InChI is InChI=1S/C21H17.C19H19.2CH3.2ClH.Si.Zr/c1-14-12-20-15(2)10-11-19(21(20)13-14)18-9-5-7-16-6-3-4-8-17(16)18;1-13(2)17-11-16-8-5-9-18(19(16)12-17)15-7-4-6-14(3)10-15;;;;;;/h3-13H,1-2H3;4-13H,1-3H3;2*1H3;2*1H;;/q4*-1;;;;. The average molecular weight is 739 g/mol. The van der Waals surface area contributed by atoms with Crippen LogP contribution in [0.25, 0.3) is 54.6 Å². The Hall–Kier alpha value is -2.74. The van der Waals surface area contributed by atoms with Crippen molar-refractivity contribution in [2.45, 2.75) is 40.5 Å². The zero-order chi connectivity index (χ0) is 29.8. The van der Waals surface area contributed by atoms with Gasteiger partial charge in [0.25, 0.3) is 0 Å². The molecule has 2 radical (unpaired) electrons. The fourth-order valence-electron chi connectivity index (χ4n) is 5.94. The summed E-state index contributed by atoms with van der Waals surface area (Å²) in [6.45, 7) is 14.1. The first-order valence-corrected chi connectivity index (χ1v) is 18.7. The third-order valence-electron chi connectivity index (χ3n) is 8.10.